The van der Waals surface area contributed by atoms with Crippen molar-refractivity contribution < 1.29 is 14.3 Å². The van der Waals surface area contributed by atoms with Gasteiger partial charge in [-0.25, -0.2) is 4.99 Å². The molecule has 1 saturated heterocycles. The number of aliphatic imine (C=N–C) groups is 1. The van der Waals surface area contributed by atoms with Crippen LogP contribution in [-0.2, 0) is 9.53 Å². The predicted octanol–water partition coefficient (Wildman–Crippen LogP) is 6.71. The number of methoxy groups -OCH3 is 2. The Labute approximate surface area is 223 Å². The van der Waals surface area contributed by atoms with Gasteiger partial charge >= 0.3 is 0 Å². The van der Waals surface area contributed by atoms with E-state index in [2.05, 4.69) is 44.7 Å². The van der Waals surface area contributed by atoms with Crippen LogP contribution in [0, 0.1) is 0 Å². The van der Waals surface area contributed by atoms with Crippen molar-refractivity contribution in [2.45, 2.75) is 45.6 Å². The lowest BCUT2D eigenvalue weighted by atomic mass is 9.79. The minimum Gasteiger partial charge on any atom is -0.497 e. The molecule has 0 aromatic heterocycles. The highest BCUT2D eigenvalue weighted by atomic mass is 35.5. The molecule has 2 aromatic rings. The summed E-state index contributed by atoms with van der Waals surface area (Å²) in [6.45, 7) is 10.8. The second kappa shape index (κ2) is 10.9. The van der Waals surface area contributed by atoms with E-state index in [0.29, 0.717) is 34.2 Å². The maximum atomic E-state index is 13.4. The molecule has 4 rings (SSSR count). The molecule has 192 valence electrons. The van der Waals surface area contributed by atoms with Crippen molar-refractivity contribution in [3.63, 3.8) is 0 Å². The predicted molar refractivity (Wildman–Crippen MR) is 151 cm³/mol. The minimum atomic E-state index is -0.0949. The average molecular weight is 528 g/mol. The summed E-state index contributed by atoms with van der Waals surface area (Å²) in [5.41, 5.74) is 4.12. The molecule has 36 heavy (non-hydrogen) atoms. The van der Waals surface area contributed by atoms with Crippen LogP contribution in [0.15, 0.2) is 46.3 Å². The molecular formula is C28H34ClN3O3S. The zero-order valence-corrected chi connectivity index (χ0v) is 23.4. The number of thioether (sulfide) groups is 1. The number of anilines is 1. The van der Waals surface area contributed by atoms with Gasteiger partial charge in [0.2, 0.25) is 0 Å². The number of amidine groups is 1. The molecule has 0 aliphatic carbocycles. The second-order valence-electron chi connectivity index (χ2n) is 9.75. The highest BCUT2D eigenvalue weighted by molar-refractivity contribution is 8.18. The number of fused-ring (bicyclic) bond motifs is 1. The number of carbonyl (C=O) groups excluding carboxylic acids is 1. The summed E-state index contributed by atoms with van der Waals surface area (Å²) >= 11 is 8.16. The summed E-state index contributed by atoms with van der Waals surface area (Å²) in [5.74, 6) is 1.05. The molecule has 2 aliphatic heterocycles. The molecule has 0 saturated carbocycles. The van der Waals surface area contributed by atoms with E-state index in [1.807, 2.05) is 30.3 Å². The number of nitrogens with zero attached hydrogens (tertiary/aromatic N) is 3. The fourth-order valence-electron chi connectivity index (χ4n) is 5.11. The van der Waals surface area contributed by atoms with Crippen LogP contribution < -0.4 is 9.64 Å². The second-order valence-corrected chi connectivity index (χ2v) is 11.2. The van der Waals surface area contributed by atoms with Crippen molar-refractivity contribution in [3.8, 4) is 5.75 Å². The SMILES string of the molecule is CCN1c2cc(Cl)c(/C=C3/SC(=Nc4ccc(OC)cc4)N(CCOC)C3=O)cc2C(C)CC1(C)C. The standard InChI is InChI=1S/C28H34ClN3O3S/c1-7-32-24-16-23(29)19(14-22(24)18(2)17-28(32,3)4)15-25-26(33)31(12-13-34-5)27(36-25)30-20-8-10-21(35-6)11-9-20/h8-11,14-16,18H,7,12-13,17H2,1-6H3/b25-15+,30-27?. The van der Waals surface area contributed by atoms with E-state index in [4.69, 9.17) is 26.1 Å². The lowest BCUT2D eigenvalue weighted by molar-refractivity contribution is -0.122. The molecule has 2 heterocycles. The van der Waals surface area contributed by atoms with Gasteiger partial charge in [-0.15, -0.1) is 0 Å². The zero-order valence-electron chi connectivity index (χ0n) is 21.8. The Balaban J connectivity index is 1.70. The maximum Gasteiger partial charge on any atom is 0.266 e. The Hall–Kier alpha value is -2.48. The number of amides is 1. The Morgan fingerprint density at radius 1 is 1.22 bits per heavy atom. The first kappa shape index (κ1) is 26.6. The summed E-state index contributed by atoms with van der Waals surface area (Å²) in [6.07, 6.45) is 2.96. The first-order valence-electron chi connectivity index (χ1n) is 12.2. The largest absolute Gasteiger partial charge is 0.497 e. The van der Waals surface area contributed by atoms with Gasteiger partial charge in [0.05, 0.1) is 30.9 Å². The zero-order chi connectivity index (χ0) is 26.0. The number of hydrogen-bond acceptors (Lipinski definition) is 6. The van der Waals surface area contributed by atoms with Crippen LogP contribution in [0.1, 0.15) is 51.2 Å². The molecule has 8 heteroatoms. The van der Waals surface area contributed by atoms with Gasteiger partial charge in [0.1, 0.15) is 5.75 Å². The topological polar surface area (TPSA) is 54.4 Å². The van der Waals surface area contributed by atoms with Crippen LogP contribution in [-0.4, -0.2) is 55.4 Å². The van der Waals surface area contributed by atoms with Crippen LogP contribution in [0.2, 0.25) is 5.02 Å². The van der Waals surface area contributed by atoms with Crippen LogP contribution >= 0.6 is 23.4 Å². The molecule has 6 nitrogen and oxygen atoms in total. The van der Waals surface area contributed by atoms with E-state index in [9.17, 15) is 4.79 Å². The van der Waals surface area contributed by atoms with Gasteiger partial charge in [-0.3, -0.25) is 9.69 Å². The van der Waals surface area contributed by atoms with E-state index >= 15 is 0 Å². The lowest BCUT2D eigenvalue weighted by Gasteiger charge is -2.47. The Morgan fingerprint density at radius 3 is 2.58 bits per heavy atom. The molecule has 1 atom stereocenters. The van der Waals surface area contributed by atoms with E-state index in [1.165, 1.54) is 23.0 Å². The Kier molecular flexibility index (Phi) is 8.03. The van der Waals surface area contributed by atoms with Crippen LogP contribution in [0.4, 0.5) is 11.4 Å². The highest BCUT2D eigenvalue weighted by Crippen LogP contribution is 2.46. The molecular weight excluding hydrogens is 494 g/mol. The quantitative estimate of drug-likeness (QED) is 0.374. The Bertz CT molecular complexity index is 1190. The fraction of sp³-hybridized carbons (Fsp3) is 0.429. The van der Waals surface area contributed by atoms with Crippen LogP contribution in [0.25, 0.3) is 6.08 Å². The minimum absolute atomic E-state index is 0.0659. The highest BCUT2D eigenvalue weighted by Gasteiger charge is 2.37. The van der Waals surface area contributed by atoms with Gasteiger partial charge in [0.15, 0.2) is 5.17 Å². The lowest BCUT2D eigenvalue weighted by Crippen LogP contribution is -2.48. The summed E-state index contributed by atoms with van der Waals surface area (Å²) < 4.78 is 10.5. The van der Waals surface area contributed by atoms with Gasteiger partial charge in [-0.2, -0.15) is 0 Å². The molecule has 2 aromatic carbocycles. The van der Waals surface area contributed by atoms with Gasteiger partial charge in [-0.05, 0) is 98.5 Å². The number of hydrogen-bond donors (Lipinski definition) is 0. The van der Waals surface area contributed by atoms with Gasteiger partial charge in [0.25, 0.3) is 5.91 Å². The van der Waals surface area contributed by atoms with E-state index in [-0.39, 0.29) is 11.4 Å². The smallest absolute Gasteiger partial charge is 0.266 e. The van der Waals surface area contributed by atoms with Crippen LogP contribution in [0.3, 0.4) is 0 Å². The molecule has 0 spiro atoms. The number of halogens is 1. The Morgan fingerprint density at radius 2 is 1.94 bits per heavy atom. The van der Waals surface area contributed by atoms with Gasteiger partial charge in [-0.1, -0.05) is 18.5 Å². The van der Waals surface area contributed by atoms with E-state index in [0.717, 1.165) is 30.0 Å². The average Bonchev–Trinajstić information content (AvgIpc) is 3.12. The van der Waals surface area contributed by atoms with Crippen molar-refractivity contribution >= 4 is 51.9 Å². The normalized spacial score (nSPS) is 21.4. The monoisotopic (exact) mass is 527 g/mol. The van der Waals surface area contributed by atoms with Crippen molar-refractivity contribution in [2.24, 2.45) is 4.99 Å². The molecule has 0 radical (unpaired) electrons. The third-order valence-electron chi connectivity index (χ3n) is 6.81. The molecule has 0 N–H and O–H groups in total. The fourth-order valence-corrected chi connectivity index (χ4v) is 6.34. The first-order valence-corrected chi connectivity index (χ1v) is 13.4. The molecule has 1 fully saturated rings. The number of benzene rings is 2. The van der Waals surface area contributed by atoms with Crippen molar-refractivity contribution in [2.75, 3.05) is 38.8 Å². The summed E-state index contributed by atoms with van der Waals surface area (Å²) in [5, 5.41) is 1.26. The van der Waals surface area contributed by atoms with Gasteiger partial charge < -0.3 is 14.4 Å². The van der Waals surface area contributed by atoms with Crippen molar-refractivity contribution in [1.82, 2.24) is 4.90 Å². The van der Waals surface area contributed by atoms with Crippen molar-refractivity contribution in [3.05, 3.63) is 57.5 Å². The molecule has 1 unspecified atom stereocenters. The number of ether oxygens (including phenoxy) is 2. The summed E-state index contributed by atoms with van der Waals surface area (Å²) in [7, 11) is 3.25. The van der Waals surface area contributed by atoms with E-state index < -0.39 is 0 Å². The van der Waals surface area contributed by atoms with E-state index in [1.54, 1.807) is 19.1 Å². The third-order valence-corrected chi connectivity index (χ3v) is 8.15. The number of rotatable bonds is 7. The summed E-state index contributed by atoms with van der Waals surface area (Å²) in [6, 6.07) is 11.7. The molecule has 0 bridgehead atoms. The van der Waals surface area contributed by atoms with Crippen LogP contribution in [0.5, 0.6) is 5.75 Å². The number of carbonyl (C=O) groups is 1. The molecule has 1 amide bonds. The first-order chi connectivity index (χ1) is 17.2. The maximum absolute atomic E-state index is 13.4. The molecule has 2 aliphatic rings. The summed E-state index contributed by atoms with van der Waals surface area (Å²) in [4.78, 5) is 22.8. The van der Waals surface area contributed by atoms with Gasteiger partial charge in [0, 0.05) is 29.9 Å². The third kappa shape index (κ3) is 5.29. The van der Waals surface area contributed by atoms with Crippen molar-refractivity contribution in [1.29, 1.82) is 0 Å².